The Labute approximate surface area is 157 Å². The molecule has 0 aromatic heterocycles. The maximum atomic E-state index is 12.5. The number of ketones is 1. The van der Waals surface area contributed by atoms with E-state index in [0.29, 0.717) is 17.8 Å². The Hall–Kier alpha value is -3.22. The van der Waals surface area contributed by atoms with Crippen LogP contribution in [0.4, 0.5) is 11.4 Å². The molecule has 1 saturated heterocycles. The van der Waals surface area contributed by atoms with E-state index in [1.807, 2.05) is 4.90 Å². The van der Waals surface area contributed by atoms with Crippen LogP contribution in [0, 0.1) is 10.1 Å². The van der Waals surface area contributed by atoms with Crippen LogP contribution in [0.3, 0.4) is 0 Å². The van der Waals surface area contributed by atoms with Crippen LogP contribution >= 0.6 is 0 Å². The second-order valence-electron chi connectivity index (χ2n) is 6.45. The summed E-state index contributed by atoms with van der Waals surface area (Å²) in [5.74, 6) is -0.215. The number of likely N-dealkylation sites (tertiary alicyclic amines) is 1. The lowest BCUT2D eigenvalue weighted by Gasteiger charge is -2.15. The Morgan fingerprint density at radius 2 is 1.74 bits per heavy atom. The zero-order chi connectivity index (χ0) is 19.2. The van der Waals surface area contributed by atoms with Crippen LogP contribution in [0.1, 0.15) is 35.2 Å². The Balaban J connectivity index is 1.69. The molecule has 1 aliphatic rings. The largest absolute Gasteiger partial charge is 0.379 e. The minimum Gasteiger partial charge on any atom is -0.379 e. The van der Waals surface area contributed by atoms with Gasteiger partial charge in [0, 0.05) is 43.2 Å². The highest BCUT2D eigenvalue weighted by atomic mass is 16.6. The van der Waals surface area contributed by atoms with Crippen molar-refractivity contribution in [3.05, 3.63) is 69.8 Å². The Morgan fingerprint density at radius 3 is 2.41 bits per heavy atom. The predicted octanol–water partition coefficient (Wildman–Crippen LogP) is 3.25. The Kier molecular flexibility index (Phi) is 5.80. The molecule has 0 atom stereocenters. The van der Waals surface area contributed by atoms with Crippen molar-refractivity contribution in [2.24, 2.45) is 0 Å². The van der Waals surface area contributed by atoms with Crippen molar-refractivity contribution in [2.75, 3.05) is 25.0 Å². The number of amides is 1. The molecule has 1 aliphatic heterocycles. The SMILES string of the molecule is O=C(c1ccccc1)c1ccc(NCCC(=O)N2CCCC2)c([N+](=O)[O-])c1. The highest BCUT2D eigenvalue weighted by Crippen LogP contribution is 2.27. The van der Waals surface area contributed by atoms with E-state index in [4.69, 9.17) is 0 Å². The third-order valence-electron chi connectivity index (χ3n) is 4.61. The topological polar surface area (TPSA) is 92.6 Å². The number of nitro groups is 1. The van der Waals surface area contributed by atoms with Crippen molar-refractivity contribution in [3.8, 4) is 0 Å². The number of carbonyl (C=O) groups excluding carboxylic acids is 2. The Morgan fingerprint density at radius 1 is 1.04 bits per heavy atom. The van der Waals surface area contributed by atoms with Gasteiger partial charge in [-0.05, 0) is 25.0 Å². The maximum Gasteiger partial charge on any atom is 0.293 e. The first-order valence-electron chi connectivity index (χ1n) is 8.96. The molecule has 1 N–H and O–H groups in total. The summed E-state index contributed by atoms with van der Waals surface area (Å²) in [6.07, 6.45) is 2.34. The fraction of sp³-hybridized carbons (Fsp3) is 0.300. The highest BCUT2D eigenvalue weighted by molar-refractivity contribution is 6.09. The first kappa shape index (κ1) is 18.6. The molecule has 2 aromatic rings. The number of carbonyl (C=O) groups is 2. The van der Waals surface area contributed by atoms with Gasteiger partial charge in [0.1, 0.15) is 5.69 Å². The lowest BCUT2D eigenvalue weighted by molar-refractivity contribution is -0.384. The minimum atomic E-state index is -0.521. The second kappa shape index (κ2) is 8.44. The summed E-state index contributed by atoms with van der Waals surface area (Å²) in [6.45, 7) is 1.88. The number of nitrogens with one attached hydrogen (secondary N) is 1. The van der Waals surface area contributed by atoms with Gasteiger partial charge in [-0.1, -0.05) is 30.3 Å². The van der Waals surface area contributed by atoms with E-state index < -0.39 is 4.92 Å². The summed E-state index contributed by atoms with van der Waals surface area (Å²) in [7, 11) is 0. The summed E-state index contributed by atoms with van der Waals surface area (Å²) < 4.78 is 0. The lowest BCUT2D eigenvalue weighted by Crippen LogP contribution is -2.29. The van der Waals surface area contributed by atoms with Gasteiger partial charge in [-0.2, -0.15) is 0 Å². The van der Waals surface area contributed by atoms with E-state index in [1.54, 1.807) is 36.4 Å². The number of hydrogen-bond donors (Lipinski definition) is 1. The number of nitrogens with zero attached hydrogens (tertiary/aromatic N) is 2. The maximum absolute atomic E-state index is 12.5. The number of nitro benzene ring substituents is 1. The number of anilines is 1. The first-order chi connectivity index (χ1) is 13.1. The summed E-state index contributed by atoms with van der Waals surface area (Å²) in [5, 5.41) is 14.4. The smallest absolute Gasteiger partial charge is 0.293 e. The molecule has 7 nitrogen and oxygen atoms in total. The van der Waals surface area contributed by atoms with Gasteiger partial charge in [-0.3, -0.25) is 19.7 Å². The van der Waals surface area contributed by atoms with Gasteiger partial charge in [0.2, 0.25) is 5.91 Å². The molecular formula is C20H21N3O4. The van der Waals surface area contributed by atoms with Gasteiger partial charge in [-0.25, -0.2) is 0 Å². The quantitative estimate of drug-likeness (QED) is 0.461. The standard InChI is InChI=1S/C20H21N3O4/c24-19(22-12-4-5-13-22)10-11-21-17-9-8-16(14-18(17)23(26)27)20(25)15-6-2-1-3-7-15/h1-3,6-9,14,21H,4-5,10-13H2. The third kappa shape index (κ3) is 4.49. The molecule has 0 radical (unpaired) electrons. The van der Waals surface area contributed by atoms with Crippen molar-refractivity contribution < 1.29 is 14.5 Å². The van der Waals surface area contributed by atoms with Crippen molar-refractivity contribution in [2.45, 2.75) is 19.3 Å². The first-order valence-corrected chi connectivity index (χ1v) is 8.96. The van der Waals surface area contributed by atoms with Crippen LogP contribution < -0.4 is 5.32 Å². The molecule has 1 heterocycles. The van der Waals surface area contributed by atoms with E-state index >= 15 is 0 Å². The average molecular weight is 367 g/mol. The lowest BCUT2D eigenvalue weighted by atomic mass is 10.0. The summed E-state index contributed by atoms with van der Waals surface area (Å²) >= 11 is 0. The van der Waals surface area contributed by atoms with Crippen LogP contribution in [0.2, 0.25) is 0 Å². The molecule has 0 saturated carbocycles. The molecule has 0 bridgehead atoms. The highest BCUT2D eigenvalue weighted by Gasteiger charge is 2.20. The molecule has 0 aliphatic carbocycles. The van der Waals surface area contributed by atoms with Gasteiger partial charge in [-0.15, -0.1) is 0 Å². The van der Waals surface area contributed by atoms with Gasteiger partial charge in [0.25, 0.3) is 5.69 Å². The summed E-state index contributed by atoms with van der Waals surface area (Å²) in [6, 6.07) is 13.0. The third-order valence-corrected chi connectivity index (χ3v) is 4.61. The molecule has 27 heavy (non-hydrogen) atoms. The molecule has 1 amide bonds. The van der Waals surface area contributed by atoms with Gasteiger partial charge >= 0.3 is 0 Å². The van der Waals surface area contributed by atoms with E-state index in [-0.39, 0.29) is 29.4 Å². The normalized spacial score (nSPS) is 13.4. The zero-order valence-electron chi connectivity index (χ0n) is 14.9. The van der Waals surface area contributed by atoms with Crippen molar-refractivity contribution >= 4 is 23.1 Å². The Bertz CT molecular complexity index is 846. The van der Waals surface area contributed by atoms with Crippen molar-refractivity contribution in [3.63, 3.8) is 0 Å². The zero-order valence-corrected chi connectivity index (χ0v) is 14.9. The predicted molar refractivity (Wildman–Crippen MR) is 102 cm³/mol. The molecule has 140 valence electrons. The summed E-state index contributed by atoms with van der Waals surface area (Å²) in [5.41, 5.74) is 0.861. The molecule has 2 aromatic carbocycles. The summed E-state index contributed by atoms with van der Waals surface area (Å²) in [4.78, 5) is 37.3. The van der Waals surface area contributed by atoms with Crippen LogP contribution in [0.5, 0.6) is 0 Å². The average Bonchev–Trinajstić information content (AvgIpc) is 3.23. The second-order valence-corrected chi connectivity index (χ2v) is 6.45. The van der Waals surface area contributed by atoms with E-state index in [9.17, 15) is 19.7 Å². The minimum absolute atomic E-state index is 0.0542. The van der Waals surface area contributed by atoms with Crippen LogP contribution in [-0.4, -0.2) is 41.1 Å². The fourth-order valence-corrected chi connectivity index (χ4v) is 3.16. The van der Waals surface area contributed by atoms with E-state index in [1.165, 1.54) is 12.1 Å². The van der Waals surface area contributed by atoms with Gasteiger partial charge in [0.15, 0.2) is 5.78 Å². The molecule has 0 spiro atoms. The molecule has 1 fully saturated rings. The van der Waals surface area contributed by atoms with Gasteiger partial charge in [0.05, 0.1) is 4.92 Å². The molecule has 3 rings (SSSR count). The monoisotopic (exact) mass is 367 g/mol. The molecular weight excluding hydrogens is 346 g/mol. The van der Waals surface area contributed by atoms with E-state index in [2.05, 4.69) is 5.32 Å². The fourth-order valence-electron chi connectivity index (χ4n) is 3.16. The van der Waals surface area contributed by atoms with Crippen LogP contribution in [-0.2, 0) is 4.79 Å². The van der Waals surface area contributed by atoms with Crippen LogP contribution in [0.25, 0.3) is 0 Å². The number of rotatable bonds is 7. The molecule has 0 unspecified atom stereocenters. The number of hydrogen-bond acceptors (Lipinski definition) is 5. The van der Waals surface area contributed by atoms with Gasteiger partial charge < -0.3 is 10.2 Å². The van der Waals surface area contributed by atoms with E-state index in [0.717, 1.165) is 25.9 Å². The van der Waals surface area contributed by atoms with Crippen molar-refractivity contribution in [1.29, 1.82) is 0 Å². The molecule has 7 heteroatoms. The van der Waals surface area contributed by atoms with Crippen LogP contribution in [0.15, 0.2) is 48.5 Å². The van der Waals surface area contributed by atoms with Crippen molar-refractivity contribution in [1.82, 2.24) is 4.90 Å². The number of benzene rings is 2.